The fourth-order valence-corrected chi connectivity index (χ4v) is 20.1. The zero-order valence-electron chi connectivity index (χ0n) is 17.4. The second kappa shape index (κ2) is 3.72. The highest BCUT2D eigenvalue weighted by atomic mass is 79.9. The molecule has 0 saturated heterocycles. The summed E-state index contributed by atoms with van der Waals surface area (Å²) in [5, 5.41) is 25.8. The highest BCUT2D eigenvalue weighted by Crippen LogP contribution is 3.09. The van der Waals surface area contributed by atoms with Crippen molar-refractivity contribution in [2.45, 2.75) is 19.9 Å². The molecule has 8 heteroatoms. The minimum absolute atomic E-state index is 0.00197. The predicted molar refractivity (Wildman–Crippen MR) is 111 cm³/mol. The fourth-order valence-electron chi connectivity index (χ4n) is 16.5. The van der Waals surface area contributed by atoms with Crippen molar-refractivity contribution in [3.63, 3.8) is 0 Å². The summed E-state index contributed by atoms with van der Waals surface area (Å²) in [5.41, 5.74) is -3.51. The topological polar surface area (TPSA) is 93.1 Å². The van der Waals surface area contributed by atoms with Crippen LogP contribution in [0.15, 0.2) is 0 Å². The number of aliphatic hydroxyl groups is 2. The third kappa shape index (κ3) is 0.820. The lowest BCUT2D eigenvalue weighted by Gasteiger charge is -2.47. The van der Waals surface area contributed by atoms with Gasteiger partial charge in [-0.1, -0.05) is 31.9 Å². The number of carbonyl (C=O) groups is 2. The van der Waals surface area contributed by atoms with Crippen LogP contribution in [0.1, 0.15) is 0 Å². The largest absolute Gasteiger partial charge is 0.469 e. The van der Waals surface area contributed by atoms with E-state index in [1.807, 2.05) is 0 Å². The van der Waals surface area contributed by atoms with Gasteiger partial charge in [-0.25, -0.2) is 0 Å². The summed E-state index contributed by atoms with van der Waals surface area (Å²) < 4.78 is 10.1. The standard InChI is InChI=1S/C24H22Br2O6/c1-31-17(27)19-11-7-3-4-8(11)22(26)14(19)6-5-13(19)21(7,25)23(29)9(3)12-10(4)24(22,30)16(6)20(12,15(5)23)18(28)32-2/h3-16,29-30H,1-2H3. The van der Waals surface area contributed by atoms with E-state index in [1.165, 1.54) is 14.2 Å². The summed E-state index contributed by atoms with van der Waals surface area (Å²) in [7, 11) is 2.97. The van der Waals surface area contributed by atoms with Gasteiger partial charge in [0.1, 0.15) is 0 Å². The maximum Gasteiger partial charge on any atom is 0.312 e. The first-order chi connectivity index (χ1) is 15.2. The van der Waals surface area contributed by atoms with Gasteiger partial charge < -0.3 is 19.7 Å². The minimum atomic E-state index is -1.01. The van der Waals surface area contributed by atoms with Crippen LogP contribution in [0.2, 0.25) is 0 Å². The first-order valence-electron chi connectivity index (χ1n) is 12.2. The zero-order valence-corrected chi connectivity index (χ0v) is 20.5. The molecule has 32 heavy (non-hydrogen) atoms. The molecular formula is C24H22Br2O6. The van der Waals surface area contributed by atoms with Crippen LogP contribution < -0.4 is 0 Å². The Morgan fingerprint density at radius 3 is 1.41 bits per heavy atom. The molecule has 0 heterocycles. The second-order valence-electron chi connectivity index (χ2n) is 13.4. The number of hydrogen-bond acceptors (Lipinski definition) is 6. The van der Waals surface area contributed by atoms with Crippen LogP contribution in [-0.2, 0) is 19.1 Å². The lowest BCUT2D eigenvalue weighted by atomic mass is 9.63. The van der Waals surface area contributed by atoms with E-state index in [1.54, 1.807) is 0 Å². The summed E-state index contributed by atoms with van der Waals surface area (Å²) in [6, 6.07) is 0. The molecule has 12 aliphatic rings. The van der Waals surface area contributed by atoms with E-state index in [9.17, 15) is 19.8 Å². The molecule has 16 atom stereocenters. The molecule has 12 aliphatic carbocycles. The van der Waals surface area contributed by atoms with Crippen LogP contribution in [0.4, 0.5) is 0 Å². The Bertz CT molecular complexity index is 1060. The van der Waals surface area contributed by atoms with E-state index in [-0.39, 0.29) is 94.8 Å². The van der Waals surface area contributed by atoms with Crippen LogP contribution in [0, 0.1) is 93.7 Å². The van der Waals surface area contributed by atoms with Crippen LogP contribution in [0.5, 0.6) is 0 Å². The Morgan fingerprint density at radius 1 is 0.625 bits per heavy atom. The van der Waals surface area contributed by atoms with E-state index < -0.39 is 30.7 Å². The van der Waals surface area contributed by atoms with Crippen molar-refractivity contribution in [2.75, 3.05) is 14.2 Å². The maximum absolute atomic E-state index is 13.9. The van der Waals surface area contributed by atoms with Crippen molar-refractivity contribution in [2.24, 2.45) is 93.7 Å². The third-order valence-corrected chi connectivity index (χ3v) is 18.3. The molecule has 2 N–H and O–H groups in total. The molecule has 0 bridgehead atoms. The lowest BCUT2D eigenvalue weighted by Crippen LogP contribution is -2.59. The van der Waals surface area contributed by atoms with E-state index in [0.29, 0.717) is 0 Å². The number of rotatable bonds is 2. The van der Waals surface area contributed by atoms with Gasteiger partial charge in [-0.15, -0.1) is 0 Å². The molecule has 168 valence electrons. The Balaban J connectivity index is 1.40. The SMILES string of the molecule is COC(=O)C12C3C4C5C6C3C3(O)C1C1C7C2C4(O)C2(Br)C5C4C6C3(Br)C1C4(C(=O)OC)C72. The van der Waals surface area contributed by atoms with Crippen molar-refractivity contribution in [1.82, 2.24) is 0 Å². The number of halogens is 2. The van der Waals surface area contributed by atoms with Crippen LogP contribution in [0.25, 0.3) is 0 Å². The second-order valence-corrected chi connectivity index (χ2v) is 16.0. The molecule has 12 fully saturated rings. The maximum atomic E-state index is 13.9. The average Bonchev–Trinajstić information content (AvgIpc) is 3.58. The predicted octanol–water partition coefficient (Wildman–Crippen LogP) is 0.811. The molecule has 0 spiro atoms. The smallest absolute Gasteiger partial charge is 0.312 e. The van der Waals surface area contributed by atoms with Gasteiger partial charge in [0.2, 0.25) is 0 Å². The zero-order chi connectivity index (χ0) is 21.7. The fraction of sp³-hybridized carbons (Fsp3) is 0.917. The molecule has 6 nitrogen and oxygen atoms in total. The quantitative estimate of drug-likeness (QED) is 0.380. The lowest BCUT2D eigenvalue weighted by molar-refractivity contribution is -0.165. The van der Waals surface area contributed by atoms with E-state index in [2.05, 4.69) is 31.9 Å². The molecule has 0 aromatic heterocycles. The van der Waals surface area contributed by atoms with Crippen molar-refractivity contribution >= 4 is 43.8 Å². The molecular weight excluding hydrogens is 544 g/mol. The average molecular weight is 566 g/mol. The number of hydrogen-bond donors (Lipinski definition) is 2. The highest BCUT2D eigenvalue weighted by molar-refractivity contribution is 9.10. The molecule has 0 amide bonds. The number of ether oxygens (including phenoxy) is 2. The molecule has 12 saturated carbocycles. The monoisotopic (exact) mass is 564 g/mol. The molecule has 0 aromatic rings. The van der Waals surface area contributed by atoms with Gasteiger partial charge >= 0.3 is 11.9 Å². The van der Waals surface area contributed by atoms with Gasteiger partial charge in [-0.3, -0.25) is 9.59 Å². The summed E-state index contributed by atoms with van der Waals surface area (Å²) >= 11 is 8.49. The van der Waals surface area contributed by atoms with Crippen LogP contribution >= 0.6 is 31.9 Å². The molecule has 0 aromatic carbocycles. The summed E-state index contributed by atoms with van der Waals surface area (Å²) in [6.07, 6.45) is 0. The summed E-state index contributed by atoms with van der Waals surface area (Å²) in [5.74, 6) is 0.361. The van der Waals surface area contributed by atoms with Crippen molar-refractivity contribution in [3.8, 4) is 0 Å². The van der Waals surface area contributed by atoms with E-state index in [4.69, 9.17) is 9.47 Å². The third-order valence-electron chi connectivity index (χ3n) is 14.9. The summed E-state index contributed by atoms with van der Waals surface area (Å²) in [6.45, 7) is 0. The van der Waals surface area contributed by atoms with Crippen LogP contribution in [-0.4, -0.2) is 56.2 Å². The Labute approximate surface area is 200 Å². The number of methoxy groups -OCH3 is 2. The number of carbonyl (C=O) groups excluding carboxylic acids is 2. The first-order valence-corrected chi connectivity index (χ1v) is 13.8. The first kappa shape index (κ1) is 17.3. The van der Waals surface area contributed by atoms with Gasteiger partial charge in [0, 0.05) is 11.8 Å². The molecule has 16 unspecified atom stereocenters. The molecule has 12 rings (SSSR count). The normalized spacial score (nSPS) is 85.6. The Morgan fingerprint density at radius 2 is 1.00 bits per heavy atom. The van der Waals surface area contributed by atoms with E-state index in [0.717, 1.165) is 0 Å². The minimum Gasteiger partial charge on any atom is -0.469 e. The van der Waals surface area contributed by atoms with Crippen molar-refractivity contribution in [3.05, 3.63) is 0 Å². The number of esters is 2. The van der Waals surface area contributed by atoms with E-state index >= 15 is 0 Å². The van der Waals surface area contributed by atoms with Gasteiger partial charge in [0.15, 0.2) is 0 Å². The van der Waals surface area contributed by atoms with Gasteiger partial charge in [-0.2, -0.15) is 0 Å². The van der Waals surface area contributed by atoms with Crippen molar-refractivity contribution < 1.29 is 29.3 Å². The molecule has 0 radical (unpaired) electrons. The highest BCUT2D eigenvalue weighted by Gasteiger charge is 3.15. The van der Waals surface area contributed by atoms with Crippen molar-refractivity contribution in [1.29, 1.82) is 0 Å². The Hall–Kier alpha value is -0.180. The molecule has 0 aliphatic heterocycles. The van der Waals surface area contributed by atoms with Gasteiger partial charge in [0.25, 0.3) is 0 Å². The van der Waals surface area contributed by atoms with Crippen LogP contribution in [0.3, 0.4) is 0 Å². The number of alkyl halides is 2. The Kier molecular flexibility index (Phi) is 2.01. The van der Waals surface area contributed by atoms with Gasteiger partial charge in [0.05, 0.1) is 44.9 Å². The van der Waals surface area contributed by atoms with Gasteiger partial charge in [-0.05, 0) is 71.0 Å². The summed E-state index contributed by atoms with van der Waals surface area (Å²) in [4.78, 5) is 27.8.